The van der Waals surface area contributed by atoms with E-state index in [1.165, 1.54) is 218 Å². The van der Waals surface area contributed by atoms with Crippen LogP contribution in [0.4, 0.5) is 0 Å². The predicted molar refractivity (Wildman–Crippen MR) is 268 cm³/mol. The van der Waals surface area contributed by atoms with Crippen LogP contribution in [-0.2, 0) is 18.4 Å². The van der Waals surface area contributed by atoms with Gasteiger partial charge in [-0.25, -0.2) is 4.57 Å². The second-order valence-corrected chi connectivity index (χ2v) is 21.4. The molecule has 0 aromatic carbocycles. The molecule has 3 atom stereocenters. The second kappa shape index (κ2) is 45.4. The maximum absolute atomic E-state index is 12.9. The van der Waals surface area contributed by atoms with Crippen molar-refractivity contribution >= 4 is 13.7 Å². The molecule has 370 valence electrons. The van der Waals surface area contributed by atoms with Gasteiger partial charge in [-0.3, -0.25) is 13.8 Å². The smallest absolute Gasteiger partial charge is 0.387 e. The Hall–Kier alpha value is -0.760. The van der Waals surface area contributed by atoms with Gasteiger partial charge in [0.15, 0.2) is 0 Å². The number of allylic oxidation sites excluding steroid dienone is 1. The molecule has 9 heteroatoms. The summed E-state index contributed by atoms with van der Waals surface area (Å²) < 4.78 is 23.6. The Morgan fingerprint density at radius 2 is 0.855 bits per heavy atom. The lowest BCUT2D eigenvalue weighted by Gasteiger charge is -2.25. The van der Waals surface area contributed by atoms with Gasteiger partial charge in [-0.15, -0.1) is 0 Å². The molecule has 0 saturated heterocycles. The molecule has 0 bridgehead atoms. The van der Waals surface area contributed by atoms with Gasteiger partial charge in [0.1, 0.15) is 13.2 Å². The quantitative estimate of drug-likeness (QED) is 0.0243. The fourth-order valence-electron chi connectivity index (χ4n) is 8.22. The van der Waals surface area contributed by atoms with Gasteiger partial charge >= 0.3 is 7.82 Å². The van der Waals surface area contributed by atoms with Gasteiger partial charge in [0.2, 0.25) is 5.91 Å². The van der Waals surface area contributed by atoms with E-state index in [2.05, 4.69) is 19.2 Å². The van der Waals surface area contributed by atoms with Crippen LogP contribution in [0.25, 0.3) is 0 Å². The molecule has 0 rings (SSSR count). The Bertz CT molecular complexity index is 1020. The van der Waals surface area contributed by atoms with E-state index in [1.54, 1.807) is 6.08 Å². The predicted octanol–water partition coefficient (Wildman–Crippen LogP) is 15.9. The van der Waals surface area contributed by atoms with E-state index >= 15 is 0 Å². The van der Waals surface area contributed by atoms with E-state index < -0.39 is 20.0 Å². The summed E-state index contributed by atoms with van der Waals surface area (Å²) in [4.78, 5) is 23.2. The van der Waals surface area contributed by atoms with Crippen molar-refractivity contribution < 1.29 is 32.9 Å². The van der Waals surface area contributed by atoms with Crippen molar-refractivity contribution in [3.05, 3.63) is 12.2 Å². The molecule has 0 aromatic heterocycles. The number of carbonyl (C=O) groups excluding carboxylic acids is 1. The van der Waals surface area contributed by atoms with Crippen LogP contribution in [0, 0.1) is 0 Å². The third-order valence-corrected chi connectivity index (χ3v) is 13.5. The number of nitrogens with zero attached hydrogens (tertiary/aromatic N) is 1. The van der Waals surface area contributed by atoms with E-state index in [9.17, 15) is 19.4 Å². The summed E-state index contributed by atoms with van der Waals surface area (Å²) in [5, 5.41) is 13.9. The van der Waals surface area contributed by atoms with Crippen LogP contribution >= 0.6 is 7.82 Å². The Labute approximate surface area is 386 Å². The average Bonchev–Trinajstić information content (AvgIpc) is 3.23. The molecule has 62 heavy (non-hydrogen) atoms. The molecule has 1 amide bonds. The van der Waals surface area contributed by atoms with E-state index in [-0.39, 0.29) is 19.1 Å². The number of quaternary nitrogens is 1. The summed E-state index contributed by atoms with van der Waals surface area (Å²) in [6, 6.07) is -0.841. The molecule has 0 aliphatic heterocycles. The first kappa shape index (κ1) is 61.2. The minimum absolute atomic E-state index is 0.0649. The Balaban J connectivity index is 4.14. The Morgan fingerprint density at radius 3 is 1.19 bits per heavy atom. The van der Waals surface area contributed by atoms with E-state index in [0.29, 0.717) is 17.4 Å². The molecule has 3 N–H and O–H groups in total. The highest BCUT2D eigenvalue weighted by Gasteiger charge is 2.27. The Morgan fingerprint density at radius 1 is 0.532 bits per heavy atom. The highest BCUT2D eigenvalue weighted by Crippen LogP contribution is 2.43. The molecule has 0 aliphatic carbocycles. The monoisotopic (exact) mass is 900 g/mol. The van der Waals surface area contributed by atoms with Crippen LogP contribution in [-0.4, -0.2) is 73.4 Å². The largest absolute Gasteiger partial charge is 0.472 e. The van der Waals surface area contributed by atoms with Crippen LogP contribution < -0.4 is 5.32 Å². The number of likely N-dealkylation sites (N-methyl/N-ethyl adjacent to an activating group) is 1. The average molecular weight is 900 g/mol. The topological polar surface area (TPSA) is 105 Å². The lowest BCUT2D eigenvalue weighted by Crippen LogP contribution is -2.45. The zero-order valence-electron chi connectivity index (χ0n) is 42.1. The highest BCUT2D eigenvalue weighted by atomic mass is 31.2. The molecular weight excluding hydrogens is 792 g/mol. The lowest BCUT2D eigenvalue weighted by atomic mass is 10.0. The lowest BCUT2D eigenvalue weighted by molar-refractivity contribution is -0.870. The maximum Gasteiger partial charge on any atom is 0.472 e. The van der Waals surface area contributed by atoms with Gasteiger partial charge in [-0.05, 0) is 19.3 Å². The summed E-state index contributed by atoms with van der Waals surface area (Å²) >= 11 is 0. The standard InChI is InChI=1S/C53H107N2O6P/c1-6-8-10-12-14-16-18-20-21-22-23-24-25-26-27-28-29-30-31-32-33-35-36-38-40-42-44-46-52(56)51(50-61-62(58,59)60-49-48-55(3,4)5)54-53(57)47-45-43-41-39-37-34-19-17-15-13-11-9-7-2/h44,46,51-52,56H,6-43,45,47-50H2,1-5H3,(H-,54,57,58,59)/p+1/b46-44+. The summed E-state index contributed by atoms with van der Waals surface area (Å²) in [5.74, 6) is -0.173. The highest BCUT2D eigenvalue weighted by molar-refractivity contribution is 7.47. The minimum atomic E-state index is -4.34. The van der Waals surface area contributed by atoms with Crippen LogP contribution in [0.3, 0.4) is 0 Å². The van der Waals surface area contributed by atoms with E-state index in [1.807, 2.05) is 27.2 Å². The van der Waals surface area contributed by atoms with Crippen molar-refractivity contribution in [2.75, 3.05) is 40.9 Å². The Kier molecular flexibility index (Phi) is 44.8. The molecule has 0 spiro atoms. The molecule has 0 saturated carbocycles. The first-order valence-electron chi connectivity index (χ1n) is 27.1. The van der Waals surface area contributed by atoms with Gasteiger partial charge in [0.05, 0.1) is 39.9 Å². The molecule has 0 radical (unpaired) electrons. The molecule has 0 heterocycles. The number of hydrogen-bond donors (Lipinski definition) is 3. The molecule has 3 unspecified atom stereocenters. The van der Waals surface area contributed by atoms with Gasteiger partial charge in [0, 0.05) is 6.42 Å². The fraction of sp³-hybridized carbons (Fsp3) is 0.943. The third kappa shape index (κ3) is 47.2. The van der Waals surface area contributed by atoms with Gasteiger partial charge in [-0.2, -0.15) is 0 Å². The number of aliphatic hydroxyl groups is 1. The van der Waals surface area contributed by atoms with Crippen LogP contribution in [0.1, 0.15) is 271 Å². The van der Waals surface area contributed by atoms with Crippen molar-refractivity contribution in [2.45, 2.75) is 283 Å². The maximum atomic E-state index is 12.9. The van der Waals surface area contributed by atoms with Gasteiger partial charge in [-0.1, -0.05) is 257 Å². The van der Waals surface area contributed by atoms with Crippen molar-refractivity contribution in [1.29, 1.82) is 0 Å². The number of phosphoric ester groups is 1. The van der Waals surface area contributed by atoms with Crippen molar-refractivity contribution in [1.82, 2.24) is 5.32 Å². The van der Waals surface area contributed by atoms with Gasteiger partial charge < -0.3 is 19.8 Å². The number of carbonyl (C=O) groups is 1. The molecule has 8 nitrogen and oxygen atoms in total. The van der Waals surface area contributed by atoms with E-state index in [0.717, 1.165) is 32.1 Å². The number of aliphatic hydroxyl groups excluding tert-OH is 1. The normalized spacial score (nSPS) is 14.1. The molecular formula is C53H108N2O6P+. The first-order valence-corrected chi connectivity index (χ1v) is 28.6. The van der Waals surface area contributed by atoms with Crippen LogP contribution in [0.2, 0.25) is 0 Å². The number of nitrogens with one attached hydrogen (secondary N) is 1. The minimum Gasteiger partial charge on any atom is -0.387 e. The summed E-state index contributed by atoms with van der Waals surface area (Å²) in [7, 11) is 1.59. The number of unbranched alkanes of at least 4 members (excludes halogenated alkanes) is 37. The number of rotatable bonds is 50. The van der Waals surface area contributed by atoms with Crippen LogP contribution in [0.15, 0.2) is 12.2 Å². The van der Waals surface area contributed by atoms with Crippen molar-refractivity contribution in [3.63, 3.8) is 0 Å². The number of phosphoric acid groups is 1. The third-order valence-electron chi connectivity index (χ3n) is 12.5. The first-order chi connectivity index (χ1) is 30.0. The fourth-order valence-corrected chi connectivity index (χ4v) is 8.96. The van der Waals surface area contributed by atoms with Crippen molar-refractivity contribution in [2.24, 2.45) is 0 Å². The summed E-state index contributed by atoms with van der Waals surface area (Å²) in [5.41, 5.74) is 0. The van der Waals surface area contributed by atoms with Crippen molar-refractivity contribution in [3.8, 4) is 0 Å². The summed E-state index contributed by atoms with van der Waals surface area (Å²) in [6.07, 6.45) is 54.5. The number of hydrogen-bond acceptors (Lipinski definition) is 5. The molecule has 0 aliphatic rings. The number of amides is 1. The molecule has 0 aromatic rings. The second-order valence-electron chi connectivity index (χ2n) is 20.0. The SMILES string of the molecule is CCCCCCCCCCCCCCCCCCCCCCCCCCC/C=C/C(O)C(COP(=O)(O)OCC[N+](C)(C)C)NC(=O)CCCCCCCCCCCCCCC. The van der Waals surface area contributed by atoms with E-state index in [4.69, 9.17) is 9.05 Å². The van der Waals surface area contributed by atoms with Gasteiger partial charge in [0.25, 0.3) is 0 Å². The zero-order chi connectivity index (χ0) is 45.7. The summed E-state index contributed by atoms with van der Waals surface area (Å²) in [6.45, 7) is 4.85. The molecule has 0 fully saturated rings. The zero-order valence-corrected chi connectivity index (χ0v) is 43.0. The van der Waals surface area contributed by atoms with Crippen LogP contribution in [0.5, 0.6) is 0 Å².